The van der Waals surface area contributed by atoms with E-state index in [9.17, 15) is 31.9 Å². The van der Waals surface area contributed by atoms with Crippen molar-refractivity contribution in [3.63, 3.8) is 0 Å². The highest BCUT2D eigenvalue weighted by atomic mass is 19.4. The number of nitrogens with one attached hydrogen (secondary N) is 2. The van der Waals surface area contributed by atoms with Gasteiger partial charge in [-0.1, -0.05) is 32.9 Å². The van der Waals surface area contributed by atoms with Gasteiger partial charge in [0.05, 0.1) is 43.0 Å². The van der Waals surface area contributed by atoms with Crippen LogP contribution in [0.3, 0.4) is 0 Å². The molecule has 1 aromatic carbocycles. The van der Waals surface area contributed by atoms with Crippen LogP contribution in [0.1, 0.15) is 49.2 Å². The van der Waals surface area contributed by atoms with Gasteiger partial charge in [-0.3, -0.25) is 23.8 Å². The molecular weight excluding hydrogens is 520 g/mol. The fourth-order valence-corrected chi connectivity index (χ4v) is 4.11. The molecule has 3 amide bonds. The third-order valence-corrected chi connectivity index (χ3v) is 5.74. The Kier molecular flexibility index (Phi) is 9.60. The second kappa shape index (κ2) is 12.7. The number of halogens is 4. The van der Waals surface area contributed by atoms with Gasteiger partial charge in [-0.25, -0.2) is 9.37 Å². The number of carbonyl (C=O) groups excluding carboxylic acids is 3. The molecule has 0 spiro atoms. The van der Waals surface area contributed by atoms with E-state index >= 15 is 0 Å². The zero-order chi connectivity index (χ0) is 28.7. The number of rotatable bonds is 5. The summed E-state index contributed by atoms with van der Waals surface area (Å²) in [5.74, 6) is -3.57. The fourth-order valence-electron chi connectivity index (χ4n) is 4.11. The van der Waals surface area contributed by atoms with Crippen LogP contribution in [0.5, 0.6) is 0 Å². The Hall–Kier alpha value is -4.03. The smallest absolute Gasteiger partial charge is 0.349 e. The van der Waals surface area contributed by atoms with Crippen LogP contribution in [0.2, 0.25) is 0 Å². The molecule has 3 heterocycles. The van der Waals surface area contributed by atoms with Crippen molar-refractivity contribution < 1.29 is 31.9 Å². The first-order chi connectivity index (χ1) is 18.4. The SMILES string of the molecule is CC(C)C.O=C(CNC(=O)C(F)(F)F)NC1CN(C(=O)c2cncc3cncn23)CCC1c1cccc(F)c1. The number of alkyl halides is 3. The molecule has 2 atom stereocenters. The van der Waals surface area contributed by atoms with E-state index in [0.29, 0.717) is 17.5 Å². The van der Waals surface area contributed by atoms with Crippen molar-refractivity contribution in [1.29, 1.82) is 0 Å². The van der Waals surface area contributed by atoms with Gasteiger partial charge in [-0.2, -0.15) is 13.2 Å². The van der Waals surface area contributed by atoms with E-state index in [-0.39, 0.29) is 24.7 Å². The highest BCUT2D eigenvalue weighted by Gasteiger charge is 2.39. The van der Waals surface area contributed by atoms with Crippen LogP contribution in [-0.4, -0.2) is 68.8 Å². The lowest BCUT2D eigenvalue weighted by Crippen LogP contribution is -2.55. The molecule has 0 aliphatic carbocycles. The van der Waals surface area contributed by atoms with Gasteiger partial charge >= 0.3 is 12.1 Å². The topological polar surface area (TPSA) is 109 Å². The van der Waals surface area contributed by atoms with Crippen molar-refractivity contribution >= 4 is 23.2 Å². The average molecular weight is 551 g/mol. The molecule has 2 unspecified atom stereocenters. The predicted octanol–water partition coefficient (Wildman–Crippen LogP) is 3.32. The molecule has 1 aliphatic rings. The van der Waals surface area contributed by atoms with Gasteiger partial charge in [0.2, 0.25) is 5.91 Å². The van der Waals surface area contributed by atoms with Crippen LogP contribution in [-0.2, 0) is 9.59 Å². The quantitative estimate of drug-likeness (QED) is 0.474. The number of likely N-dealkylation sites (tertiary alicyclic amines) is 1. The minimum Gasteiger partial charge on any atom is -0.349 e. The van der Waals surface area contributed by atoms with Crippen molar-refractivity contribution in [2.75, 3.05) is 19.6 Å². The second-order valence-electron chi connectivity index (χ2n) is 9.77. The van der Waals surface area contributed by atoms with Gasteiger partial charge in [-0.15, -0.1) is 0 Å². The van der Waals surface area contributed by atoms with E-state index < -0.39 is 42.3 Å². The monoisotopic (exact) mass is 550 g/mol. The van der Waals surface area contributed by atoms with Crippen molar-refractivity contribution in [1.82, 2.24) is 29.9 Å². The molecule has 1 fully saturated rings. The van der Waals surface area contributed by atoms with Gasteiger partial charge < -0.3 is 15.5 Å². The lowest BCUT2D eigenvalue weighted by Gasteiger charge is -2.39. The highest BCUT2D eigenvalue weighted by Crippen LogP contribution is 2.30. The molecule has 0 radical (unpaired) electrons. The van der Waals surface area contributed by atoms with Gasteiger partial charge in [0.15, 0.2) is 0 Å². The third kappa shape index (κ3) is 7.98. The Bertz CT molecular complexity index is 1310. The van der Waals surface area contributed by atoms with E-state index in [1.165, 1.54) is 53.3 Å². The standard InChI is InChI=1S/C22H20F4N6O3.C4H10/c23-14-3-1-2-13(6-14)16-4-5-31(20(34)18-9-27-7-15-8-28-12-32(15)18)11-17(16)30-19(33)10-29-21(35)22(24,25)26;1-4(2)3/h1-3,6-9,12,16-17H,4-5,10-11H2,(H,29,35)(H,30,33);4H,1-3H3. The van der Waals surface area contributed by atoms with Crippen molar-refractivity contribution in [2.45, 2.75) is 45.3 Å². The van der Waals surface area contributed by atoms with Crippen molar-refractivity contribution in [3.8, 4) is 0 Å². The number of amides is 3. The summed E-state index contributed by atoms with van der Waals surface area (Å²) >= 11 is 0. The molecule has 3 aromatic rings. The largest absolute Gasteiger partial charge is 0.471 e. The molecule has 210 valence electrons. The first kappa shape index (κ1) is 29.5. The first-order valence-corrected chi connectivity index (χ1v) is 12.3. The minimum absolute atomic E-state index is 0.00402. The van der Waals surface area contributed by atoms with Gasteiger partial charge in [0.1, 0.15) is 11.5 Å². The average Bonchev–Trinajstić information content (AvgIpc) is 3.35. The number of piperidine rings is 1. The first-order valence-electron chi connectivity index (χ1n) is 12.3. The molecule has 0 bridgehead atoms. The molecule has 9 nitrogen and oxygen atoms in total. The number of imidazole rings is 1. The number of aromatic nitrogens is 3. The number of fused-ring (bicyclic) bond motifs is 1. The Morgan fingerprint density at radius 2 is 1.79 bits per heavy atom. The molecule has 1 aliphatic heterocycles. The van der Waals surface area contributed by atoms with E-state index in [1.807, 2.05) is 0 Å². The maximum Gasteiger partial charge on any atom is 0.471 e. The Morgan fingerprint density at radius 3 is 2.46 bits per heavy atom. The lowest BCUT2D eigenvalue weighted by atomic mass is 9.85. The zero-order valence-corrected chi connectivity index (χ0v) is 21.7. The van der Waals surface area contributed by atoms with E-state index in [4.69, 9.17) is 0 Å². The van der Waals surface area contributed by atoms with Crippen LogP contribution in [0.15, 0.2) is 49.2 Å². The Labute approximate surface area is 222 Å². The molecule has 2 aromatic heterocycles. The van der Waals surface area contributed by atoms with Crippen molar-refractivity contribution in [2.24, 2.45) is 5.92 Å². The van der Waals surface area contributed by atoms with E-state index in [1.54, 1.807) is 10.5 Å². The number of benzene rings is 1. The second-order valence-corrected chi connectivity index (χ2v) is 9.77. The number of carbonyl (C=O) groups is 3. The molecular formula is C26H30F4N6O3. The fraction of sp³-hybridized carbons (Fsp3) is 0.423. The molecule has 39 heavy (non-hydrogen) atoms. The maximum absolute atomic E-state index is 13.9. The summed E-state index contributed by atoms with van der Waals surface area (Å²) in [5.41, 5.74) is 1.42. The van der Waals surface area contributed by atoms with Crippen LogP contribution in [0, 0.1) is 11.7 Å². The van der Waals surface area contributed by atoms with Gasteiger partial charge in [0.25, 0.3) is 5.91 Å². The van der Waals surface area contributed by atoms with Crippen LogP contribution < -0.4 is 10.6 Å². The normalized spacial score (nSPS) is 17.4. The van der Waals surface area contributed by atoms with Crippen LogP contribution in [0.4, 0.5) is 17.6 Å². The summed E-state index contributed by atoms with van der Waals surface area (Å²) in [6, 6.07) is 5.01. The molecule has 0 saturated carbocycles. The lowest BCUT2D eigenvalue weighted by molar-refractivity contribution is -0.173. The summed E-state index contributed by atoms with van der Waals surface area (Å²) in [5, 5.41) is 4.11. The minimum atomic E-state index is -5.12. The Balaban J connectivity index is 0.000000983. The van der Waals surface area contributed by atoms with Crippen LogP contribution in [0.25, 0.3) is 5.52 Å². The summed E-state index contributed by atoms with van der Waals surface area (Å²) in [6.45, 7) is 5.88. The predicted molar refractivity (Wildman–Crippen MR) is 134 cm³/mol. The molecule has 2 N–H and O–H groups in total. The van der Waals surface area contributed by atoms with Gasteiger partial charge in [-0.05, 0) is 30.0 Å². The van der Waals surface area contributed by atoms with E-state index in [0.717, 1.165) is 5.92 Å². The number of hydrogen-bond acceptors (Lipinski definition) is 5. The number of hydrogen-bond donors (Lipinski definition) is 2. The highest BCUT2D eigenvalue weighted by molar-refractivity contribution is 5.93. The summed E-state index contributed by atoms with van der Waals surface area (Å²) in [4.78, 5) is 46.2. The summed E-state index contributed by atoms with van der Waals surface area (Å²) < 4.78 is 52.7. The summed E-state index contributed by atoms with van der Waals surface area (Å²) in [7, 11) is 0. The van der Waals surface area contributed by atoms with Gasteiger partial charge in [0, 0.05) is 19.0 Å². The van der Waals surface area contributed by atoms with E-state index in [2.05, 4.69) is 36.1 Å². The molecule has 1 saturated heterocycles. The number of nitrogens with zero attached hydrogens (tertiary/aromatic N) is 4. The summed E-state index contributed by atoms with van der Waals surface area (Å²) in [6.07, 6.45) is 1.15. The zero-order valence-electron chi connectivity index (χ0n) is 21.7. The van der Waals surface area contributed by atoms with Crippen LogP contribution >= 0.6 is 0 Å². The molecule has 4 rings (SSSR count). The third-order valence-electron chi connectivity index (χ3n) is 5.74. The van der Waals surface area contributed by atoms with Crippen molar-refractivity contribution in [3.05, 3.63) is 66.3 Å². The molecule has 13 heteroatoms. The Morgan fingerprint density at radius 1 is 1.10 bits per heavy atom. The maximum atomic E-state index is 13.9.